The lowest BCUT2D eigenvalue weighted by Crippen LogP contribution is -2.09. The minimum Gasteiger partial charge on any atom is -0.384 e. The van der Waals surface area contributed by atoms with E-state index in [1.807, 2.05) is 30.3 Å². The van der Waals surface area contributed by atoms with Crippen LogP contribution >= 0.6 is 0 Å². The molecular formula is C21H20FN5O. The molecule has 3 rings (SSSR count). The molecule has 7 heteroatoms. The molecule has 0 saturated carbocycles. The molecule has 0 radical (unpaired) electrons. The monoisotopic (exact) mass is 377 g/mol. The molecule has 142 valence electrons. The molecule has 0 aliphatic carbocycles. The summed E-state index contributed by atoms with van der Waals surface area (Å²) in [5.74, 6) is -0.568. The van der Waals surface area contributed by atoms with Gasteiger partial charge in [-0.1, -0.05) is 24.3 Å². The number of nitrogens with zero attached hydrogens (tertiary/aromatic N) is 3. The zero-order valence-corrected chi connectivity index (χ0v) is 15.4. The Kier molecular flexibility index (Phi) is 5.70. The number of ketones is 1. The number of nitrogens with two attached hydrogens (primary N) is 1. The van der Waals surface area contributed by atoms with Gasteiger partial charge >= 0.3 is 0 Å². The van der Waals surface area contributed by atoms with Crippen molar-refractivity contribution in [3.63, 3.8) is 0 Å². The Morgan fingerprint density at radius 3 is 2.68 bits per heavy atom. The Labute approximate surface area is 162 Å². The van der Waals surface area contributed by atoms with Crippen LogP contribution in [0.4, 0.5) is 15.9 Å². The molecule has 0 amide bonds. The Morgan fingerprint density at radius 1 is 1.25 bits per heavy atom. The van der Waals surface area contributed by atoms with Gasteiger partial charge in [0.25, 0.3) is 0 Å². The maximum Gasteiger partial charge on any atom is 0.164 e. The van der Waals surface area contributed by atoms with Crippen molar-refractivity contribution in [3.05, 3.63) is 71.2 Å². The predicted octanol–water partition coefficient (Wildman–Crippen LogP) is 3.71. The van der Waals surface area contributed by atoms with Gasteiger partial charge in [0.2, 0.25) is 0 Å². The van der Waals surface area contributed by atoms with Gasteiger partial charge in [0.05, 0.1) is 16.9 Å². The van der Waals surface area contributed by atoms with Crippen molar-refractivity contribution in [2.75, 3.05) is 17.6 Å². The Balaban J connectivity index is 1.70. The normalized spacial score (nSPS) is 10.5. The first kappa shape index (κ1) is 19.1. The Hall–Kier alpha value is -3.66. The average Bonchev–Trinajstić information content (AvgIpc) is 3.01. The van der Waals surface area contributed by atoms with E-state index in [9.17, 15) is 14.4 Å². The summed E-state index contributed by atoms with van der Waals surface area (Å²) in [7, 11) is 0. The highest BCUT2D eigenvalue weighted by Gasteiger charge is 2.16. The van der Waals surface area contributed by atoms with Crippen molar-refractivity contribution >= 4 is 17.3 Å². The number of nitrogen functional groups attached to an aromatic ring is 1. The summed E-state index contributed by atoms with van der Waals surface area (Å²) in [6.07, 6.45) is 1.15. The van der Waals surface area contributed by atoms with Gasteiger partial charge in [0, 0.05) is 12.2 Å². The quantitative estimate of drug-likeness (QED) is 0.483. The third-order valence-corrected chi connectivity index (χ3v) is 4.38. The number of halogens is 1. The lowest BCUT2D eigenvalue weighted by atomic mass is 10.1. The molecule has 28 heavy (non-hydrogen) atoms. The molecule has 0 unspecified atom stereocenters. The summed E-state index contributed by atoms with van der Waals surface area (Å²) >= 11 is 0. The molecule has 2 aromatic carbocycles. The number of benzene rings is 2. The topological polar surface area (TPSA) is 96.7 Å². The second-order valence-electron chi connectivity index (χ2n) is 6.32. The lowest BCUT2D eigenvalue weighted by molar-refractivity contribution is 0.101. The van der Waals surface area contributed by atoms with Crippen molar-refractivity contribution < 1.29 is 9.18 Å². The highest BCUT2D eigenvalue weighted by atomic mass is 19.1. The maximum absolute atomic E-state index is 13.9. The van der Waals surface area contributed by atoms with Crippen LogP contribution in [0.3, 0.4) is 0 Å². The average molecular weight is 377 g/mol. The van der Waals surface area contributed by atoms with Gasteiger partial charge in [0.1, 0.15) is 23.3 Å². The van der Waals surface area contributed by atoms with E-state index < -0.39 is 5.82 Å². The molecule has 0 spiro atoms. The van der Waals surface area contributed by atoms with E-state index >= 15 is 0 Å². The first-order valence-electron chi connectivity index (χ1n) is 8.89. The molecule has 3 aromatic rings. The molecule has 6 nitrogen and oxygen atoms in total. The Bertz CT molecular complexity index is 1040. The molecule has 0 bridgehead atoms. The molecule has 1 aromatic heterocycles. The molecule has 0 aliphatic rings. The van der Waals surface area contributed by atoms with Gasteiger partial charge in [-0.05, 0) is 44.0 Å². The van der Waals surface area contributed by atoms with Crippen LogP contribution in [0.25, 0.3) is 5.69 Å². The minimum absolute atomic E-state index is 0.0535. The lowest BCUT2D eigenvalue weighted by Gasteiger charge is -2.10. The van der Waals surface area contributed by atoms with E-state index in [4.69, 9.17) is 5.73 Å². The summed E-state index contributed by atoms with van der Waals surface area (Å²) in [6, 6.07) is 16.0. The van der Waals surface area contributed by atoms with Crippen LogP contribution in [0.15, 0.2) is 48.5 Å². The van der Waals surface area contributed by atoms with E-state index in [2.05, 4.69) is 16.5 Å². The number of rotatable bonds is 7. The summed E-state index contributed by atoms with van der Waals surface area (Å²) < 4.78 is 15.4. The largest absolute Gasteiger partial charge is 0.384 e. The molecule has 1 heterocycles. The zero-order valence-electron chi connectivity index (χ0n) is 15.4. The zero-order chi connectivity index (χ0) is 20.1. The standard InChI is InChI=1S/C21H20FN5O/c1-14(28)20-17(22)9-5-10-19(20)25-12-6-11-18-16(13-23)21(24)27(26-18)15-7-3-2-4-8-15/h2-5,7-10,25H,6,11-12,24H2,1H3. The van der Waals surface area contributed by atoms with Gasteiger partial charge in [0.15, 0.2) is 5.78 Å². The van der Waals surface area contributed by atoms with Gasteiger partial charge in [-0.15, -0.1) is 0 Å². The van der Waals surface area contributed by atoms with Crippen molar-refractivity contribution in [3.8, 4) is 11.8 Å². The fraction of sp³-hybridized carbons (Fsp3) is 0.190. The molecule has 0 saturated heterocycles. The van der Waals surface area contributed by atoms with Gasteiger partial charge in [-0.3, -0.25) is 4.79 Å². The van der Waals surface area contributed by atoms with E-state index in [1.54, 1.807) is 16.8 Å². The SMILES string of the molecule is CC(=O)c1c(F)cccc1NCCCc1nn(-c2ccccc2)c(N)c1C#N. The second-order valence-corrected chi connectivity index (χ2v) is 6.32. The predicted molar refractivity (Wildman–Crippen MR) is 106 cm³/mol. The first-order chi connectivity index (χ1) is 13.5. The fourth-order valence-electron chi connectivity index (χ4n) is 3.05. The third-order valence-electron chi connectivity index (χ3n) is 4.38. The van der Waals surface area contributed by atoms with Crippen LogP contribution in [0.1, 0.15) is 35.0 Å². The summed E-state index contributed by atoms with van der Waals surface area (Å²) in [6.45, 7) is 1.83. The van der Waals surface area contributed by atoms with Crippen molar-refractivity contribution in [1.82, 2.24) is 9.78 Å². The number of para-hydroxylation sites is 1. The molecule has 0 fully saturated rings. The van der Waals surface area contributed by atoms with E-state index in [1.165, 1.54) is 13.0 Å². The molecular weight excluding hydrogens is 357 g/mol. The van der Waals surface area contributed by atoms with Crippen LogP contribution < -0.4 is 11.1 Å². The van der Waals surface area contributed by atoms with Crippen molar-refractivity contribution in [2.45, 2.75) is 19.8 Å². The van der Waals surface area contributed by atoms with Gasteiger partial charge < -0.3 is 11.1 Å². The van der Waals surface area contributed by atoms with Crippen LogP contribution in [-0.2, 0) is 6.42 Å². The smallest absolute Gasteiger partial charge is 0.164 e. The number of hydrogen-bond donors (Lipinski definition) is 2. The molecule has 0 atom stereocenters. The van der Waals surface area contributed by atoms with Crippen LogP contribution in [0.5, 0.6) is 0 Å². The third kappa shape index (κ3) is 3.86. The number of aromatic nitrogens is 2. The number of anilines is 2. The van der Waals surface area contributed by atoms with E-state index in [-0.39, 0.29) is 11.3 Å². The summed E-state index contributed by atoms with van der Waals surface area (Å²) in [4.78, 5) is 11.7. The summed E-state index contributed by atoms with van der Waals surface area (Å²) in [5, 5.41) is 17.0. The van der Waals surface area contributed by atoms with E-state index in [0.717, 1.165) is 5.69 Å². The van der Waals surface area contributed by atoms with Crippen molar-refractivity contribution in [2.24, 2.45) is 0 Å². The highest BCUT2D eigenvalue weighted by Crippen LogP contribution is 2.22. The number of carbonyl (C=O) groups excluding carboxylic acids is 1. The number of nitriles is 1. The summed E-state index contributed by atoms with van der Waals surface area (Å²) in [5.41, 5.74) is 8.36. The van der Waals surface area contributed by atoms with Crippen molar-refractivity contribution in [1.29, 1.82) is 5.26 Å². The van der Waals surface area contributed by atoms with Crippen LogP contribution in [0, 0.1) is 17.1 Å². The van der Waals surface area contributed by atoms with Gasteiger partial charge in [-0.25, -0.2) is 9.07 Å². The Morgan fingerprint density at radius 2 is 2.00 bits per heavy atom. The second kappa shape index (κ2) is 8.35. The minimum atomic E-state index is -0.543. The maximum atomic E-state index is 13.9. The number of nitrogens with one attached hydrogen (secondary N) is 1. The first-order valence-corrected chi connectivity index (χ1v) is 8.89. The number of aryl methyl sites for hydroxylation is 1. The number of hydrogen-bond acceptors (Lipinski definition) is 5. The molecule has 0 aliphatic heterocycles. The number of carbonyl (C=O) groups is 1. The molecule has 3 N–H and O–H groups in total. The van der Waals surface area contributed by atoms with Crippen LogP contribution in [-0.4, -0.2) is 22.1 Å². The number of Topliss-reactive ketones (excluding diaryl/α,β-unsaturated/α-hetero) is 1. The van der Waals surface area contributed by atoms with Gasteiger partial charge in [-0.2, -0.15) is 10.4 Å². The van der Waals surface area contributed by atoms with E-state index in [0.29, 0.717) is 42.1 Å². The highest BCUT2D eigenvalue weighted by molar-refractivity contribution is 5.99. The fourth-order valence-corrected chi connectivity index (χ4v) is 3.05. The van der Waals surface area contributed by atoms with Crippen LogP contribution in [0.2, 0.25) is 0 Å².